The highest BCUT2D eigenvalue weighted by Crippen LogP contribution is 2.32. The second kappa shape index (κ2) is 6.26. The molecule has 0 fully saturated rings. The molecule has 6 heteroatoms. The Morgan fingerprint density at radius 3 is 2.38 bits per heavy atom. The highest BCUT2D eigenvalue weighted by molar-refractivity contribution is 6.42. The van der Waals surface area contributed by atoms with E-state index in [1.54, 1.807) is 24.3 Å². The number of rotatable bonds is 3. The van der Waals surface area contributed by atoms with Gasteiger partial charge in [0.2, 0.25) is 0 Å². The average molecular weight is 334 g/mol. The van der Waals surface area contributed by atoms with E-state index in [0.29, 0.717) is 27.6 Å². The molecule has 0 aliphatic carbocycles. The first kappa shape index (κ1) is 16.1. The SMILES string of the molecule is NC(Cc1cccc(Cl)c1Cl)c1cccc(C(F)(F)F)c1. The Bertz CT molecular complexity index is 641. The van der Waals surface area contributed by atoms with Crippen LogP contribution in [0, 0.1) is 0 Å². The summed E-state index contributed by atoms with van der Waals surface area (Å²) in [4.78, 5) is 0. The molecule has 2 aromatic carbocycles. The molecular formula is C15H12Cl2F3N. The van der Waals surface area contributed by atoms with E-state index in [1.807, 2.05) is 0 Å². The molecule has 112 valence electrons. The number of benzene rings is 2. The number of hydrogen-bond donors (Lipinski definition) is 1. The molecule has 2 aromatic rings. The van der Waals surface area contributed by atoms with Crippen LogP contribution in [-0.4, -0.2) is 0 Å². The summed E-state index contributed by atoms with van der Waals surface area (Å²) in [5, 5.41) is 0.770. The first-order chi connectivity index (χ1) is 9.79. The predicted octanol–water partition coefficient (Wildman–Crippen LogP) is 5.25. The Labute approximate surface area is 130 Å². The molecule has 0 heterocycles. The van der Waals surface area contributed by atoms with Crippen molar-refractivity contribution in [1.82, 2.24) is 0 Å². The van der Waals surface area contributed by atoms with Gasteiger partial charge in [-0.05, 0) is 35.7 Å². The lowest BCUT2D eigenvalue weighted by Crippen LogP contribution is -2.15. The van der Waals surface area contributed by atoms with Crippen molar-refractivity contribution >= 4 is 23.2 Å². The lowest BCUT2D eigenvalue weighted by molar-refractivity contribution is -0.137. The van der Waals surface area contributed by atoms with Crippen LogP contribution in [0.5, 0.6) is 0 Å². The Hall–Kier alpha value is -1.23. The van der Waals surface area contributed by atoms with Crippen molar-refractivity contribution < 1.29 is 13.2 Å². The minimum Gasteiger partial charge on any atom is -0.324 e. The van der Waals surface area contributed by atoms with E-state index in [-0.39, 0.29) is 0 Å². The molecule has 0 radical (unpaired) electrons. The maximum Gasteiger partial charge on any atom is 0.416 e. The third-order valence-corrected chi connectivity index (χ3v) is 3.97. The third kappa shape index (κ3) is 3.90. The van der Waals surface area contributed by atoms with Crippen molar-refractivity contribution in [2.45, 2.75) is 18.6 Å². The maximum absolute atomic E-state index is 12.7. The van der Waals surface area contributed by atoms with Gasteiger partial charge in [0.05, 0.1) is 15.6 Å². The summed E-state index contributed by atoms with van der Waals surface area (Å²) >= 11 is 12.0. The summed E-state index contributed by atoms with van der Waals surface area (Å²) in [7, 11) is 0. The minimum absolute atomic E-state index is 0.306. The maximum atomic E-state index is 12.7. The van der Waals surface area contributed by atoms with E-state index in [4.69, 9.17) is 28.9 Å². The lowest BCUT2D eigenvalue weighted by atomic mass is 9.98. The van der Waals surface area contributed by atoms with E-state index in [0.717, 1.165) is 12.1 Å². The first-order valence-electron chi connectivity index (χ1n) is 6.14. The van der Waals surface area contributed by atoms with Gasteiger partial charge in [0, 0.05) is 6.04 Å². The third-order valence-electron chi connectivity index (χ3n) is 3.11. The fourth-order valence-electron chi connectivity index (χ4n) is 2.01. The molecule has 0 bridgehead atoms. The van der Waals surface area contributed by atoms with Crippen LogP contribution in [0.1, 0.15) is 22.7 Å². The molecule has 2 N–H and O–H groups in total. The minimum atomic E-state index is -4.39. The summed E-state index contributed by atoms with van der Waals surface area (Å²) < 4.78 is 38.1. The van der Waals surface area contributed by atoms with E-state index < -0.39 is 17.8 Å². The lowest BCUT2D eigenvalue weighted by Gasteiger charge is -2.15. The molecule has 0 amide bonds. The Morgan fingerprint density at radius 2 is 1.71 bits per heavy atom. The van der Waals surface area contributed by atoms with Crippen molar-refractivity contribution in [1.29, 1.82) is 0 Å². The zero-order chi connectivity index (χ0) is 15.6. The number of nitrogens with two attached hydrogens (primary N) is 1. The van der Waals surface area contributed by atoms with Gasteiger partial charge in [-0.25, -0.2) is 0 Å². The Kier molecular flexibility index (Phi) is 4.81. The summed E-state index contributed by atoms with van der Waals surface area (Å²) in [6, 6.07) is 9.51. The summed E-state index contributed by atoms with van der Waals surface area (Å²) in [6.45, 7) is 0. The zero-order valence-corrected chi connectivity index (χ0v) is 12.3. The van der Waals surface area contributed by atoms with E-state index in [2.05, 4.69) is 0 Å². The van der Waals surface area contributed by atoms with Gasteiger partial charge in [-0.2, -0.15) is 13.2 Å². The van der Waals surface area contributed by atoms with E-state index in [1.165, 1.54) is 6.07 Å². The van der Waals surface area contributed by atoms with Crippen LogP contribution in [0.25, 0.3) is 0 Å². The van der Waals surface area contributed by atoms with E-state index in [9.17, 15) is 13.2 Å². The standard InChI is InChI=1S/C15H12Cl2F3N/c16-12-6-2-4-10(14(12)17)8-13(21)9-3-1-5-11(7-9)15(18,19)20/h1-7,13H,8,21H2. The molecule has 0 saturated heterocycles. The van der Waals surface area contributed by atoms with Gasteiger partial charge in [-0.15, -0.1) is 0 Å². The zero-order valence-electron chi connectivity index (χ0n) is 10.8. The molecule has 2 rings (SSSR count). The Balaban J connectivity index is 2.25. The van der Waals surface area contributed by atoms with Gasteiger partial charge in [-0.3, -0.25) is 0 Å². The van der Waals surface area contributed by atoms with Crippen molar-refractivity contribution in [2.24, 2.45) is 5.73 Å². The van der Waals surface area contributed by atoms with E-state index >= 15 is 0 Å². The average Bonchev–Trinajstić information content (AvgIpc) is 2.43. The van der Waals surface area contributed by atoms with Gasteiger partial charge in [-0.1, -0.05) is 47.5 Å². The van der Waals surface area contributed by atoms with Crippen molar-refractivity contribution in [3.8, 4) is 0 Å². The van der Waals surface area contributed by atoms with Crippen LogP contribution in [0.15, 0.2) is 42.5 Å². The highest BCUT2D eigenvalue weighted by atomic mass is 35.5. The monoisotopic (exact) mass is 333 g/mol. The van der Waals surface area contributed by atoms with Crippen LogP contribution in [0.3, 0.4) is 0 Å². The molecular weight excluding hydrogens is 322 g/mol. The van der Waals surface area contributed by atoms with Crippen LogP contribution in [0.2, 0.25) is 10.0 Å². The summed E-state index contributed by atoms with van der Waals surface area (Å²) in [6.07, 6.45) is -4.08. The first-order valence-corrected chi connectivity index (χ1v) is 6.90. The highest BCUT2D eigenvalue weighted by Gasteiger charge is 2.30. The largest absolute Gasteiger partial charge is 0.416 e. The number of halogens is 5. The summed E-state index contributed by atoms with van der Waals surface area (Å²) in [5.41, 5.74) is 6.38. The fourth-order valence-corrected chi connectivity index (χ4v) is 2.40. The van der Waals surface area contributed by atoms with Crippen molar-refractivity contribution in [2.75, 3.05) is 0 Å². The molecule has 0 aliphatic heterocycles. The molecule has 1 atom stereocenters. The summed E-state index contributed by atoms with van der Waals surface area (Å²) in [5.74, 6) is 0. The smallest absolute Gasteiger partial charge is 0.324 e. The molecule has 0 saturated carbocycles. The second-order valence-electron chi connectivity index (χ2n) is 4.65. The van der Waals surface area contributed by atoms with Gasteiger partial charge < -0.3 is 5.73 Å². The topological polar surface area (TPSA) is 26.0 Å². The normalized spacial score (nSPS) is 13.2. The van der Waals surface area contributed by atoms with Crippen LogP contribution in [0.4, 0.5) is 13.2 Å². The molecule has 0 aliphatic rings. The van der Waals surface area contributed by atoms with Crippen molar-refractivity contribution in [3.05, 3.63) is 69.2 Å². The van der Waals surface area contributed by atoms with Crippen LogP contribution in [-0.2, 0) is 12.6 Å². The van der Waals surface area contributed by atoms with Gasteiger partial charge in [0.1, 0.15) is 0 Å². The van der Waals surface area contributed by atoms with Gasteiger partial charge in [0.25, 0.3) is 0 Å². The molecule has 1 nitrogen and oxygen atoms in total. The number of hydrogen-bond acceptors (Lipinski definition) is 1. The van der Waals surface area contributed by atoms with Crippen molar-refractivity contribution in [3.63, 3.8) is 0 Å². The quantitative estimate of drug-likeness (QED) is 0.815. The number of alkyl halides is 3. The van der Waals surface area contributed by atoms with Crippen LogP contribution >= 0.6 is 23.2 Å². The fraction of sp³-hybridized carbons (Fsp3) is 0.200. The van der Waals surface area contributed by atoms with Gasteiger partial charge in [0.15, 0.2) is 0 Å². The molecule has 21 heavy (non-hydrogen) atoms. The van der Waals surface area contributed by atoms with Crippen LogP contribution < -0.4 is 5.73 Å². The predicted molar refractivity (Wildman–Crippen MR) is 78.5 cm³/mol. The molecule has 0 spiro atoms. The second-order valence-corrected chi connectivity index (χ2v) is 5.43. The van der Waals surface area contributed by atoms with Gasteiger partial charge >= 0.3 is 6.18 Å². The molecule has 1 unspecified atom stereocenters. The molecule has 0 aromatic heterocycles. The Morgan fingerprint density at radius 1 is 1.05 bits per heavy atom.